The van der Waals surface area contributed by atoms with Crippen LogP contribution in [0.2, 0.25) is 0 Å². The predicted molar refractivity (Wildman–Crippen MR) is 123 cm³/mol. The number of amides is 1. The Morgan fingerprint density at radius 1 is 0.806 bits per heavy atom. The fourth-order valence-electron chi connectivity index (χ4n) is 3.22. The molecule has 0 saturated heterocycles. The smallest absolute Gasteiger partial charge is 0.243 e. The van der Waals surface area contributed by atoms with E-state index in [2.05, 4.69) is 5.32 Å². The SMILES string of the molecule is Cc1ccc(CNC(=O)CN(Cc2cccc(C)c2)S(=O)(=O)c2ccc(C)cc2)cc1. The lowest BCUT2D eigenvalue weighted by atomic mass is 10.1. The maximum atomic E-state index is 13.3. The first-order valence-electron chi connectivity index (χ1n) is 10.2. The van der Waals surface area contributed by atoms with E-state index in [0.717, 1.165) is 27.8 Å². The fraction of sp³-hybridized carbons (Fsp3) is 0.240. The average Bonchev–Trinajstić information content (AvgIpc) is 2.73. The molecule has 0 aliphatic heterocycles. The number of nitrogens with one attached hydrogen (secondary N) is 1. The number of benzene rings is 3. The van der Waals surface area contributed by atoms with E-state index >= 15 is 0 Å². The summed E-state index contributed by atoms with van der Waals surface area (Å²) in [6.45, 7) is 6.07. The van der Waals surface area contributed by atoms with Gasteiger partial charge in [-0.15, -0.1) is 0 Å². The minimum Gasteiger partial charge on any atom is -0.351 e. The molecule has 5 nitrogen and oxygen atoms in total. The molecule has 0 bridgehead atoms. The van der Waals surface area contributed by atoms with Crippen LogP contribution in [-0.2, 0) is 27.9 Å². The first-order chi connectivity index (χ1) is 14.7. The Bertz CT molecular complexity index is 1140. The molecule has 3 rings (SSSR count). The van der Waals surface area contributed by atoms with Gasteiger partial charge < -0.3 is 5.32 Å². The number of carbonyl (C=O) groups excluding carboxylic acids is 1. The summed E-state index contributed by atoms with van der Waals surface area (Å²) in [4.78, 5) is 12.8. The van der Waals surface area contributed by atoms with E-state index in [9.17, 15) is 13.2 Å². The lowest BCUT2D eigenvalue weighted by molar-refractivity contribution is -0.121. The Morgan fingerprint density at radius 2 is 1.42 bits per heavy atom. The summed E-state index contributed by atoms with van der Waals surface area (Å²) in [5, 5.41) is 2.83. The van der Waals surface area contributed by atoms with Crippen molar-refractivity contribution in [2.45, 2.75) is 38.8 Å². The maximum absolute atomic E-state index is 13.3. The summed E-state index contributed by atoms with van der Waals surface area (Å²) < 4.78 is 27.9. The van der Waals surface area contributed by atoms with Gasteiger partial charge in [0.2, 0.25) is 15.9 Å². The molecule has 0 spiro atoms. The molecular weight excluding hydrogens is 408 g/mol. The van der Waals surface area contributed by atoms with E-state index in [-0.39, 0.29) is 23.9 Å². The molecule has 0 fully saturated rings. The topological polar surface area (TPSA) is 66.5 Å². The minimum absolute atomic E-state index is 0.121. The van der Waals surface area contributed by atoms with Crippen LogP contribution in [0.1, 0.15) is 27.8 Å². The molecule has 3 aromatic rings. The molecule has 3 aromatic carbocycles. The van der Waals surface area contributed by atoms with Crippen LogP contribution in [0.3, 0.4) is 0 Å². The van der Waals surface area contributed by atoms with Gasteiger partial charge in [0.1, 0.15) is 0 Å². The number of hydrogen-bond donors (Lipinski definition) is 1. The molecule has 0 aliphatic rings. The quantitative estimate of drug-likeness (QED) is 0.578. The Morgan fingerprint density at radius 3 is 2.03 bits per heavy atom. The molecule has 1 N–H and O–H groups in total. The molecule has 0 unspecified atom stereocenters. The molecule has 162 valence electrons. The van der Waals surface area contributed by atoms with Crippen LogP contribution in [0.4, 0.5) is 0 Å². The minimum atomic E-state index is -3.84. The van der Waals surface area contributed by atoms with Gasteiger partial charge in [0.05, 0.1) is 11.4 Å². The Hall–Kier alpha value is -2.96. The van der Waals surface area contributed by atoms with E-state index in [0.29, 0.717) is 6.54 Å². The zero-order valence-corrected chi connectivity index (χ0v) is 18.9. The first kappa shape index (κ1) is 22.7. The van der Waals surface area contributed by atoms with Crippen molar-refractivity contribution in [1.82, 2.24) is 9.62 Å². The van der Waals surface area contributed by atoms with Crippen molar-refractivity contribution in [3.8, 4) is 0 Å². The third-order valence-electron chi connectivity index (χ3n) is 5.03. The largest absolute Gasteiger partial charge is 0.351 e. The van der Waals surface area contributed by atoms with E-state index < -0.39 is 10.0 Å². The standard InChI is InChI=1S/C25H28N2O3S/c1-19-7-11-22(12-8-19)16-26-25(28)18-27(17-23-6-4-5-21(3)15-23)31(29,30)24-13-9-20(2)10-14-24/h4-15H,16-18H2,1-3H3,(H,26,28). The summed E-state index contributed by atoms with van der Waals surface area (Å²) in [6, 6.07) is 22.2. The number of sulfonamides is 1. The summed E-state index contributed by atoms with van der Waals surface area (Å²) in [5.41, 5.74) is 4.95. The van der Waals surface area contributed by atoms with Crippen LogP contribution in [0, 0.1) is 20.8 Å². The van der Waals surface area contributed by atoms with Crippen LogP contribution in [0.5, 0.6) is 0 Å². The number of rotatable bonds is 8. The van der Waals surface area contributed by atoms with Gasteiger partial charge in [-0.1, -0.05) is 77.4 Å². The second-order valence-corrected chi connectivity index (χ2v) is 9.78. The predicted octanol–water partition coefficient (Wildman–Crippen LogP) is 4.12. The van der Waals surface area contributed by atoms with Crippen molar-refractivity contribution in [1.29, 1.82) is 0 Å². The summed E-state index contributed by atoms with van der Waals surface area (Å²) >= 11 is 0. The van der Waals surface area contributed by atoms with Crippen molar-refractivity contribution in [2.24, 2.45) is 0 Å². The molecule has 1 amide bonds. The van der Waals surface area contributed by atoms with Crippen LogP contribution < -0.4 is 5.32 Å². The molecule has 0 radical (unpaired) electrons. The van der Waals surface area contributed by atoms with Gasteiger partial charge in [-0.3, -0.25) is 4.79 Å². The zero-order valence-electron chi connectivity index (χ0n) is 18.1. The molecule has 31 heavy (non-hydrogen) atoms. The van der Waals surface area contributed by atoms with Gasteiger partial charge >= 0.3 is 0 Å². The monoisotopic (exact) mass is 436 g/mol. The van der Waals surface area contributed by atoms with Crippen LogP contribution >= 0.6 is 0 Å². The van der Waals surface area contributed by atoms with E-state index in [4.69, 9.17) is 0 Å². The molecule has 6 heteroatoms. The highest BCUT2D eigenvalue weighted by Crippen LogP contribution is 2.19. The molecule has 0 heterocycles. The third-order valence-corrected chi connectivity index (χ3v) is 6.84. The number of carbonyl (C=O) groups is 1. The van der Waals surface area contributed by atoms with Crippen molar-refractivity contribution >= 4 is 15.9 Å². The van der Waals surface area contributed by atoms with Gasteiger partial charge in [-0.05, 0) is 44.0 Å². The van der Waals surface area contributed by atoms with Crippen LogP contribution in [0.25, 0.3) is 0 Å². The van der Waals surface area contributed by atoms with Gasteiger partial charge in [-0.2, -0.15) is 4.31 Å². The Kier molecular flexibility index (Phi) is 7.25. The Balaban J connectivity index is 1.80. The highest BCUT2D eigenvalue weighted by molar-refractivity contribution is 7.89. The van der Waals surface area contributed by atoms with Gasteiger partial charge in [0, 0.05) is 13.1 Å². The molecule has 0 aromatic heterocycles. The molecular formula is C25H28N2O3S. The lowest BCUT2D eigenvalue weighted by Crippen LogP contribution is -2.40. The highest BCUT2D eigenvalue weighted by Gasteiger charge is 2.27. The van der Waals surface area contributed by atoms with Crippen molar-refractivity contribution < 1.29 is 13.2 Å². The summed E-state index contributed by atoms with van der Waals surface area (Å²) in [7, 11) is -3.84. The maximum Gasteiger partial charge on any atom is 0.243 e. The van der Waals surface area contributed by atoms with E-state index in [1.54, 1.807) is 24.3 Å². The van der Waals surface area contributed by atoms with Gasteiger partial charge in [0.25, 0.3) is 0 Å². The number of aryl methyl sites for hydroxylation is 3. The number of nitrogens with zero attached hydrogens (tertiary/aromatic N) is 1. The van der Waals surface area contributed by atoms with Crippen molar-refractivity contribution in [2.75, 3.05) is 6.54 Å². The first-order valence-corrected chi connectivity index (χ1v) is 11.6. The third kappa shape index (κ3) is 6.26. The highest BCUT2D eigenvalue weighted by atomic mass is 32.2. The van der Waals surface area contributed by atoms with Crippen molar-refractivity contribution in [3.05, 3.63) is 101 Å². The molecule has 0 aliphatic carbocycles. The van der Waals surface area contributed by atoms with Crippen LogP contribution in [-0.4, -0.2) is 25.2 Å². The number of hydrogen-bond acceptors (Lipinski definition) is 3. The molecule has 0 saturated carbocycles. The van der Waals surface area contributed by atoms with Gasteiger partial charge in [0.15, 0.2) is 0 Å². The second-order valence-electron chi connectivity index (χ2n) is 7.84. The van der Waals surface area contributed by atoms with Crippen LogP contribution in [0.15, 0.2) is 77.7 Å². The fourth-order valence-corrected chi connectivity index (χ4v) is 4.61. The van der Waals surface area contributed by atoms with Crippen molar-refractivity contribution in [3.63, 3.8) is 0 Å². The molecule has 0 atom stereocenters. The average molecular weight is 437 g/mol. The second kappa shape index (κ2) is 9.90. The van der Waals surface area contributed by atoms with E-state index in [1.165, 1.54) is 4.31 Å². The zero-order chi connectivity index (χ0) is 22.4. The summed E-state index contributed by atoms with van der Waals surface area (Å²) in [5.74, 6) is -0.344. The van der Waals surface area contributed by atoms with Gasteiger partial charge in [-0.25, -0.2) is 8.42 Å². The Labute approximate surface area is 184 Å². The normalized spacial score (nSPS) is 11.5. The van der Waals surface area contributed by atoms with E-state index in [1.807, 2.05) is 69.3 Å². The summed E-state index contributed by atoms with van der Waals surface area (Å²) in [6.07, 6.45) is 0. The lowest BCUT2D eigenvalue weighted by Gasteiger charge is -2.22.